The highest BCUT2D eigenvalue weighted by molar-refractivity contribution is 5.91. The largest absolute Gasteiger partial charge is 0.493 e. The number of urea groups is 1. The summed E-state index contributed by atoms with van der Waals surface area (Å²) in [7, 11) is 3.34. The van der Waals surface area contributed by atoms with Crippen molar-refractivity contribution in [1.82, 2.24) is 5.32 Å². The van der Waals surface area contributed by atoms with Crippen molar-refractivity contribution in [1.29, 1.82) is 0 Å². The lowest BCUT2D eigenvalue weighted by Gasteiger charge is -2.18. The van der Waals surface area contributed by atoms with E-state index in [1.807, 2.05) is 55.5 Å². The summed E-state index contributed by atoms with van der Waals surface area (Å²) in [5, 5.41) is 2.82. The van der Waals surface area contributed by atoms with E-state index in [1.165, 1.54) is 0 Å². The maximum Gasteiger partial charge on any atom is 0.321 e. The molecule has 2 aromatic rings. The number of benzene rings is 2. The lowest BCUT2D eigenvalue weighted by molar-refractivity contribution is 0.242. The second-order valence-electron chi connectivity index (χ2n) is 5.13. The number of aryl methyl sites for hydroxylation is 1. The Hall–Kier alpha value is -2.69. The minimum atomic E-state index is -0.171. The number of para-hydroxylation sites is 1. The Morgan fingerprint density at radius 2 is 1.87 bits per heavy atom. The summed E-state index contributed by atoms with van der Waals surface area (Å²) in [6.07, 6.45) is 0. The molecular weight excluding hydrogens is 292 g/mol. The van der Waals surface area contributed by atoms with Crippen LogP contribution in [0.2, 0.25) is 0 Å². The van der Waals surface area contributed by atoms with E-state index in [-0.39, 0.29) is 6.03 Å². The molecule has 0 saturated heterocycles. The quantitative estimate of drug-likeness (QED) is 0.833. The van der Waals surface area contributed by atoms with Crippen LogP contribution in [0.4, 0.5) is 10.5 Å². The summed E-state index contributed by atoms with van der Waals surface area (Å²) < 4.78 is 10.9. The van der Waals surface area contributed by atoms with Gasteiger partial charge in [0.2, 0.25) is 0 Å². The lowest BCUT2D eigenvalue weighted by atomic mass is 10.2. The molecule has 0 heterocycles. The molecule has 0 spiro atoms. The summed E-state index contributed by atoms with van der Waals surface area (Å²) in [5.41, 5.74) is 1.94. The van der Waals surface area contributed by atoms with Crippen molar-refractivity contribution >= 4 is 11.7 Å². The highest BCUT2D eigenvalue weighted by atomic mass is 16.5. The fourth-order valence-corrected chi connectivity index (χ4v) is 2.10. The van der Waals surface area contributed by atoms with Crippen LogP contribution in [0.25, 0.3) is 0 Å². The van der Waals surface area contributed by atoms with Crippen molar-refractivity contribution in [2.75, 3.05) is 32.2 Å². The minimum Gasteiger partial charge on any atom is -0.493 e. The highest BCUT2D eigenvalue weighted by Gasteiger charge is 2.10. The maximum atomic E-state index is 12.1. The van der Waals surface area contributed by atoms with Crippen LogP contribution in [-0.2, 0) is 0 Å². The van der Waals surface area contributed by atoms with Crippen molar-refractivity contribution in [3.8, 4) is 11.5 Å². The molecule has 2 aromatic carbocycles. The third-order valence-corrected chi connectivity index (χ3v) is 3.40. The van der Waals surface area contributed by atoms with E-state index in [4.69, 9.17) is 9.47 Å². The Labute approximate surface area is 136 Å². The number of nitrogens with zero attached hydrogens (tertiary/aromatic N) is 1. The molecule has 1 N–H and O–H groups in total. The standard InChI is InChI=1S/C18H22N2O3/c1-14-9-10-16(17(13-14)22-3)23-12-11-19-18(21)20(2)15-7-5-4-6-8-15/h4-10,13H,11-12H2,1-3H3,(H,19,21). The van der Waals surface area contributed by atoms with E-state index in [9.17, 15) is 4.79 Å². The Balaban J connectivity index is 1.80. The lowest BCUT2D eigenvalue weighted by Crippen LogP contribution is -2.39. The van der Waals surface area contributed by atoms with Crippen LogP contribution in [0, 0.1) is 6.92 Å². The van der Waals surface area contributed by atoms with Gasteiger partial charge in [-0.15, -0.1) is 0 Å². The molecule has 0 aromatic heterocycles. The zero-order valence-electron chi connectivity index (χ0n) is 13.7. The molecule has 0 atom stereocenters. The van der Waals surface area contributed by atoms with E-state index in [1.54, 1.807) is 19.1 Å². The van der Waals surface area contributed by atoms with Crippen molar-refractivity contribution in [2.24, 2.45) is 0 Å². The molecule has 0 radical (unpaired) electrons. The number of nitrogens with one attached hydrogen (secondary N) is 1. The summed E-state index contributed by atoms with van der Waals surface area (Å²) in [4.78, 5) is 13.6. The third kappa shape index (κ3) is 4.64. The number of carbonyl (C=O) groups excluding carboxylic acids is 1. The first-order chi connectivity index (χ1) is 11.1. The van der Waals surface area contributed by atoms with Gasteiger partial charge in [0.1, 0.15) is 6.61 Å². The van der Waals surface area contributed by atoms with Gasteiger partial charge in [-0.2, -0.15) is 0 Å². The fraction of sp³-hybridized carbons (Fsp3) is 0.278. The first-order valence-corrected chi connectivity index (χ1v) is 7.46. The topological polar surface area (TPSA) is 50.8 Å². The summed E-state index contributed by atoms with van der Waals surface area (Å²) in [6, 6.07) is 15.0. The summed E-state index contributed by atoms with van der Waals surface area (Å²) in [6.45, 7) is 2.77. The average molecular weight is 314 g/mol. The van der Waals surface area contributed by atoms with Gasteiger partial charge in [-0.3, -0.25) is 4.90 Å². The van der Waals surface area contributed by atoms with Crippen LogP contribution < -0.4 is 19.7 Å². The molecule has 0 unspecified atom stereocenters. The Kier molecular flexibility index (Phi) is 5.86. The Morgan fingerprint density at radius 1 is 1.13 bits per heavy atom. The normalized spacial score (nSPS) is 10.0. The molecule has 5 nitrogen and oxygen atoms in total. The SMILES string of the molecule is COc1cc(C)ccc1OCCNC(=O)N(C)c1ccccc1. The molecule has 2 amide bonds. The average Bonchev–Trinajstić information content (AvgIpc) is 2.59. The number of ether oxygens (including phenoxy) is 2. The number of carbonyl (C=O) groups is 1. The Bertz CT molecular complexity index is 644. The van der Waals surface area contributed by atoms with Crippen molar-refractivity contribution in [2.45, 2.75) is 6.92 Å². The fourth-order valence-electron chi connectivity index (χ4n) is 2.10. The third-order valence-electron chi connectivity index (χ3n) is 3.40. The van der Waals surface area contributed by atoms with Gasteiger partial charge in [-0.1, -0.05) is 24.3 Å². The smallest absolute Gasteiger partial charge is 0.321 e. The molecule has 0 fully saturated rings. The zero-order chi connectivity index (χ0) is 16.7. The van der Waals surface area contributed by atoms with Crippen molar-refractivity contribution in [3.63, 3.8) is 0 Å². The molecule has 2 rings (SSSR count). The van der Waals surface area contributed by atoms with Gasteiger partial charge >= 0.3 is 6.03 Å². The van der Waals surface area contributed by atoms with E-state index in [2.05, 4.69) is 5.32 Å². The van der Waals surface area contributed by atoms with Crippen molar-refractivity contribution in [3.05, 3.63) is 54.1 Å². The van der Waals surface area contributed by atoms with Crippen LogP contribution in [0.1, 0.15) is 5.56 Å². The number of anilines is 1. The monoisotopic (exact) mass is 314 g/mol. The first-order valence-electron chi connectivity index (χ1n) is 7.46. The highest BCUT2D eigenvalue weighted by Crippen LogP contribution is 2.27. The zero-order valence-corrected chi connectivity index (χ0v) is 13.7. The second kappa shape index (κ2) is 8.08. The molecule has 122 valence electrons. The van der Waals surface area contributed by atoms with E-state index in [0.717, 1.165) is 11.3 Å². The van der Waals surface area contributed by atoms with Gasteiger partial charge in [-0.05, 0) is 36.8 Å². The molecule has 0 saturated carbocycles. The molecule has 5 heteroatoms. The van der Waals surface area contributed by atoms with E-state index >= 15 is 0 Å². The molecule has 23 heavy (non-hydrogen) atoms. The molecule has 0 bridgehead atoms. The Morgan fingerprint density at radius 3 is 2.57 bits per heavy atom. The van der Waals surface area contributed by atoms with Crippen LogP contribution in [0.15, 0.2) is 48.5 Å². The van der Waals surface area contributed by atoms with Gasteiger partial charge in [0.15, 0.2) is 11.5 Å². The van der Waals surface area contributed by atoms with Crippen LogP contribution in [0.3, 0.4) is 0 Å². The van der Waals surface area contributed by atoms with E-state index in [0.29, 0.717) is 24.7 Å². The van der Waals surface area contributed by atoms with Gasteiger partial charge in [0.05, 0.1) is 13.7 Å². The van der Waals surface area contributed by atoms with Gasteiger partial charge in [-0.25, -0.2) is 4.79 Å². The number of hydrogen-bond acceptors (Lipinski definition) is 3. The maximum absolute atomic E-state index is 12.1. The summed E-state index contributed by atoms with van der Waals surface area (Å²) >= 11 is 0. The second-order valence-corrected chi connectivity index (χ2v) is 5.13. The van der Waals surface area contributed by atoms with Crippen LogP contribution in [-0.4, -0.2) is 33.3 Å². The predicted octanol–water partition coefficient (Wildman–Crippen LogP) is 3.23. The predicted molar refractivity (Wildman–Crippen MR) is 91.5 cm³/mol. The molecule has 0 aliphatic heterocycles. The van der Waals surface area contributed by atoms with Crippen molar-refractivity contribution < 1.29 is 14.3 Å². The number of hydrogen-bond donors (Lipinski definition) is 1. The van der Waals surface area contributed by atoms with Gasteiger partial charge in [0, 0.05) is 12.7 Å². The van der Waals surface area contributed by atoms with Gasteiger partial charge in [0.25, 0.3) is 0 Å². The van der Waals surface area contributed by atoms with Crippen LogP contribution in [0.5, 0.6) is 11.5 Å². The van der Waals surface area contributed by atoms with E-state index < -0.39 is 0 Å². The molecule has 0 aliphatic rings. The first kappa shape index (κ1) is 16.7. The number of amides is 2. The number of rotatable bonds is 6. The summed E-state index contributed by atoms with van der Waals surface area (Å²) in [5.74, 6) is 1.36. The van der Waals surface area contributed by atoms with Gasteiger partial charge < -0.3 is 14.8 Å². The molecular formula is C18H22N2O3. The minimum absolute atomic E-state index is 0.171. The number of methoxy groups -OCH3 is 1. The molecule has 0 aliphatic carbocycles. The van der Waals surface area contributed by atoms with Crippen LogP contribution >= 0.6 is 0 Å².